The molecule has 2 heterocycles. The highest BCUT2D eigenvalue weighted by Gasteiger charge is 2.28. The monoisotopic (exact) mass is 427 g/mol. The van der Waals surface area contributed by atoms with Gasteiger partial charge in [-0.2, -0.15) is 4.99 Å². The van der Waals surface area contributed by atoms with Crippen LogP contribution >= 0.6 is 23.4 Å². The molecule has 2 aromatic rings. The number of carbonyl (C=O) groups is 1. The van der Waals surface area contributed by atoms with Crippen LogP contribution in [0.1, 0.15) is 12.5 Å². The lowest BCUT2D eigenvalue weighted by Gasteiger charge is -2.36. The summed E-state index contributed by atoms with van der Waals surface area (Å²) in [7, 11) is 0. The molecule has 29 heavy (non-hydrogen) atoms. The van der Waals surface area contributed by atoms with Gasteiger partial charge in [0.2, 0.25) is 0 Å². The first-order valence-corrected chi connectivity index (χ1v) is 10.8. The number of benzene rings is 2. The lowest BCUT2D eigenvalue weighted by Crippen LogP contribution is -2.47. The van der Waals surface area contributed by atoms with Gasteiger partial charge in [-0.05, 0) is 49.0 Å². The molecule has 0 saturated carbocycles. The van der Waals surface area contributed by atoms with Gasteiger partial charge in [-0.1, -0.05) is 35.9 Å². The van der Waals surface area contributed by atoms with Crippen molar-refractivity contribution in [3.05, 3.63) is 64.0 Å². The fourth-order valence-electron chi connectivity index (χ4n) is 3.39. The van der Waals surface area contributed by atoms with Gasteiger partial charge in [-0.3, -0.25) is 4.79 Å². The number of halogens is 1. The van der Waals surface area contributed by atoms with E-state index in [2.05, 4.69) is 20.9 Å². The maximum atomic E-state index is 12.5. The zero-order chi connectivity index (χ0) is 20.2. The molecule has 4 rings (SSSR count). The number of carbonyl (C=O) groups excluding carboxylic acids is 1. The maximum Gasteiger partial charge on any atom is 0.286 e. The van der Waals surface area contributed by atoms with Crippen LogP contribution in [0.25, 0.3) is 6.08 Å². The quantitative estimate of drug-likeness (QED) is 0.671. The van der Waals surface area contributed by atoms with Crippen molar-refractivity contribution < 1.29 is 9.53 Å². The number of nitrogens with zero attached hydrogens (tertiary/aromatic N) is 3. The van der Waals surface area contributed by atoms with Crippen molar-refractivity contribution in [2.24, 2.45) is 4.99 Å². The second-order valence-corrected chi connectivity index (χ2v) is 8.18. The zero-order valence-electron chi connectivity index (χ0n) is 16.2. The van der Waals surface area contributed by atoms with E-state index < -0.39 is 0 Å². The summed E-state index contributed by atoms with van der Waals surface area (Å²) in [6, 6.07) is 15.6. The number of thioether (sulfide) groups is 1. The largest absolute Gasteiger partial charge is 0.493 e. The first-order valence-electron chi connectivity index (χ1n) is 9.64. The van der Waals surface area contributed by atoms with Crippen LogP contribution in [0.3, 0.4) is 0 Å². The van der Waals surface area contributed by atoms with Crippen molar-refractivity contribution in [1.29, 1.82) is 0 Å². The van der Waals surface area contributed by atoms with Crippen LogP contribution in [0.5, 0.6) is 5.75 Å². The van der Waals surface area contributed by atoms with E-state index in [9.17, 15) is 4.79 Å². The van der Waals surface area contributed by atoms with E-state index in [0.717, 1.165) is 53.4 Å². The Balaban J connectivity index is 1.42. The Bertz CT molecular complexity index is 968. The number of hydrogen-bond acceptors (Lipinski definition) is 5. The van der Waals surface area contributed by atoms with Crippen LogP contribution in [0.2, 0.25) is 5.02 Å². The van der Waals surface area contributed by atoms with Crippen LogP contribution in [0, 0.1) is 0 Å². The summed E-state index contributed by atoms with van der Waals surface area (Å²) >= 11 is 7.55. The molecule has 0 bridgehead atoms. The summed E-state index contributed by atoms with van der Waals surface area (Å²) in [5.74, 6) is 0.591. The van der Waals surface area contributed by atoms with Gasteiger partial charge in [0.1, 0.15) is 5.75 Å². The number of piperazine rings is 1. The van der Waals surface area contributed by atoms with Crippen molar-refractivity contribution in [3.8, 4) is 5.75 Å². The minimum Gasteiger partial charge on any atom is -0.493 e. The molecule has 1 saturated heterocycles. The van der Waals surface area contributed by atoms with Crippen LogP contribution < -0.4 is 9.64 Å². The normalized spacial score (nSPS) is 18.3. The lowest BCUT2D eigenvalue weighted by molar-refractivity contribution is -0.113. The molecule has 7 heteroatoms. The fraction of sp³-hybridized carbons (Fsp3) is 0.273. The van der Waals surface area contributed by atoms with E-state index >= 15 is 0 Å². The van der Waals surface area contributed by atoms with Crippen LogP contribution in [-0.2, 0) is 4.79 Å². The molecule has 5 nitrogen and oxygen atoms in total. The van der Waals surface area contributed by atoms with Gasteiger partial charge in [0.05, 0.1) is 11.5 Å². The summed E-state index contributed by atoms with van der Waals surface area (Å²) < 4.78 is 5.66. The third kappa shape index (κ3) is 4.60. The molecule has 150 valence electrons. The van der Waals surface area contributed by atoms with E-state index in [1.807, 2.05) is 55.5 Å². The second kappa shape index (κ2) is 8.93. The summed E-state index contributed by atoms with van der Waals surface area (Å²) in [4.78, 5) is 21.9. The van der Waals surface area contributed by atoms with E-state index in [1.165, 1.54) is 11.8 Å². The highest BCUT2D eigenvalue weighted by molar-refractivity contribution is 8.18. The van der Waals surface area contributed by atoms with Gasteiger partial charge in [0.15, 0.2) is 5.17 Å². The molecular formula is C22H22ClN3O2S. The standard InChI is InChI=1S/C22H22ClN3O2S/c1-2-28-19-9-4-3-6-16(19)14-20-21(27)24-22(29-20)26-12-10-25(11-13-26)18-8-5-7-17(23)15-18/h3-9,14-15H,2,10-13H2,1H3/b20-14+. The van der Waals surface area contributed by atoms with E-state index in [0.29, 0.717) is 11.5 Å². The number of hydrogen-bond donors (Lipinski definition) is 0. The predicted molar refractivity (Wildman–Crippen MR) is 121 cm³/mol. The Morgan fingerprint density at radius 3 is 2.62 bits per heavy atom. The molecule has 0 atom stereocenters. The maximum absolute atomic E-state index is 12.5. The van der Waals surface area contributed by atoms with Crippen molar-refractivity contribution in [2.75, 3.05) is 37.7 Å². The summed E-state index contributed by atoms with van der Waals surface area (Å²) in [6.45, 7) is 5.88. The fourth-order valence-corrected chi connectivity index (χ4v) is 4.53. The SMILES string of the molecule is CCOc1ccccc1/C=C1/SC(N2CCN(c3cccc(Cl)c3)CC2)=NC1=O. The molecule has 0 aromatic heterocycles. The Morgan fingerprint density at radius 1 is 1.10 bits per heavy atom. The number of anilines is 1. The van der Waals surface area contributed by atoms with Crippen molar-refractivity contribution in [2.45, 2.75) is 6.92 Å². The number of amides is 1. The van der Waals surface area contributed by atoms with E-state index in [4.69, 9.17) is 16.3 Å². The predicted octanol–water partition coefficient (Wildman–Crippen LogP) is 4.53. The first-order chi connectivity index (χ1) is 14.1. The number of aliphatic imine (C=N–C) groups is 1. The first kappa shape index (κ1) is 19.9. The summed E-state index contributed by atoms with van der Waals surface area (Å²) in [5.41, 5.74) is 2.02. The highest BCUT2D eigenvalue weighted by atomic mass is 35.5. The van der Waals surface area contributed by atoms with Gasteiger partial charge in [0, 0.05) is 42.5 Å². The molecule has 1 amide bonds. The van der Waals surface area contributed by atoms with Gasteiger partial charge < -0.3 is 14.5 Å². The van der Waals surface area contributed by atoms with E-state index in [1.54, 1.807) is 0 Å². The van der Waals surface area contributed by atoms with Gasteiger partial charge >= 0.3 is 0 Å². The Labute approximate surface area is 180 Å². The summed E-state index contributed by atoms with van der Waals surface area (Å²) in [6.07, 6.45) is 1.87. The molecule has 0 spiro atoms. The Kier molecular flexibility index (Phi) is 6.11. The molecule has 0 N–H and O–H groups in total. The van der Waals surface area contributed by atoms with Crippen LogP contribution in [0.4, 0.5) is 5.69 Å². The number of amidine groups is 1. The van der Waals surface area contributed by atoms with Crippen molar-refractivity contribution >= 4 is 46.2 Å². The average Bonchev–Trinajstić information content (AvgIpc) is 3.10. The minimum atomic E-state index is -0.187. The molecule has 2 aliphatic heterocycles. The second-order valence-electron chi connectivity index (χ2n) is 6.73. The minimum absolute atomic E-state index is 0.187. The highest BCUT2D eigenvalue weighted by Crippen LogP contribution is 2.33. The number of para-hydroxylation sites is 1. The van der Waals surface area contributed by atoms with Crippen molar-refractivity contribution in [3.63, 3.8) is 0 Å². The average molecular weight is 428 g/mol. The molecule has 0 aliphatic carbocycles. The van der Waals surface area contributed by atoms with Crippen molar-refractivity contribution in [1.82, 2.24) is 4.90 Å². The molecular weight excluding hydrogens is 406 g/mol. The Hall–Kier alpha value is -2.44. The number of rotatable bonds is 4. The topological polar surface area (TPSA) is 45.1 Å². The lowest BCUT2D eigenvalue weighted by atomic mass is 10.2. The van der Waals surface area contributed by atoms with Gasteiger partial charge in [-0.15, -0.1) is 0 Å². The molecule has 2 aliphatic rings. The Morgan fingerprint density at radius 2 is 1.86 bits per heavy atom. The van der Waals surface area contributed by atoms with E-state index in [-0.39, 0.29) is 5.91 Å². The third-order valence-corrected chi connectivity index (χ3v) is 6.12. The summed E-state index contributed by atoms with van der Waals surface area (Å²) in [5, 5.41) is 1.52. The zero-order valence-corrected chi connectivity index (χ0v) is 17.7. The third-order valence-electron chi connectivity index (χ3n) is 4.84. The molecule has 0 unspecified atom stereocenters. The molecule has 1 fully saturated rings. The molecule has 0 radical (unpaired) electrons. The number of ether oxygens (including phenoxy) is 1. The van der Waals surface area contributed by atoms with Gasteiger partial charge in [0.25, 0.3) is 5.91 Å². The molecule has 2 aromatic carbocycles. The van der Waals surface area contributed by atoms with Crippen LogP contribution in [-0.4, -0.2) is 48.8 Å². The van der Waals surface area contributed by atoms with Gasteiger partial charge in [-0.25, -0.2) is 0 Å². The smallest absolute Gasteiger partial charge is 0.286 e. The van der Waals surface area contributed by atoms with Crippen LogP contribution in [0.15, 0.2) is 58.4 Å².